The Morgan fingerprint density at radius 1 is 1.50 bits per heavy atom. The van der Waals surface area contributed by atoms with Crippen molar-refractivity contribution in [2.45, 2.75) is 25.8 Å². The molecule has 0 aromatic carbocycles. The zero-order valence-corrected chi connectivity index (χ0v) is 8.07. The summed E-state index contributed by atoms with van der Waals surface area (Å²) < 4.78 is 2.20. The predicted octanol–water partition coefficient (Wildman–Crippen LogP) is 1.66. The van der Waals surface area contributed by atoms with E-state index in [0.717, 1.165) is 22.7 Å². The smallest absolute Gasteiger partial charge is 0.162 e. The Hall–Kier alpha value is -1.58. The molecule has 1 fully saturated rings. The standard InChI is InChI=1S/C10H12N4/c1-6-13-9-8(11)4-5-12-10(9)14(6)7-2-3-7/h4-5,7H,2-3H2,1H3,(H2,11,12). The number of imidazole rings is 1. The average molecular weight is 188 g/mol. The molecule has 1 aliphatic rings. The van der Waals surface area contributed by atoms with Gasteiger partial charge in [0.15, 0.2) is 5.65 Å². The van der Waals surface area contributed by atoms with Gasteiger partial charge >= 0.3 is 0 Å². The molecule has 0 spiro atoms. The highest BCUT2D eigenvalue weighted by molar-refractivity contribution is 5.84. The third-order valence-electron chi connectivity index (χ3n) is 2.70. The Labute approximate surface area is 81.8 Å². The van der Waals surface area contributed by atoms with Crippen molar-refractivity contribution in [3.05, 3.63) is 18.1 Å². The van der Waals surface area contributed by atoms with Crippen LogP contribution in [0.1, 0.15) is 24.7 Å². The fraction of sp³-hybridized carbons (Fsp3) is 0.400. The van der Waals surface area contributed by atoms with Crippen LogP contribution in [0.4, 0.5) is 5.69 Å². The van der Waals surface area contributed by atoms with Crippen LogP contribution in [0.15, 0.2) is 12.3 Å². The largest absolute Gasteiger partial charge is 0.397 e. The highest BCUT2D eigenvalue weighted by Gasteiger charge is 2.27. The van der Waals surface area contributed by atoms with Gasteiger partial charge in [0, 0.05) is 12.2 Å². The van der Waals surface area contributed by atoms with E-state index in [4.69, 9.17) is 5.73 Å². The minimum atomic E-state index is 0.606. The van der Waals surface area contributed by atoms with Gasteiger partial charge in [0.2, 0.25) is 0 Å². The van der Waals surface area contributed by atoms with Crippen molar-refractivity contribution < 1.29 is 0 Å². The Morgan fingerprint density at radius 3 is 3.00 bits per heavy atom. The predicted molar refractivity (Wildman–Crippen MR) is 54.9 cm³/mol. The summed E-state index contributed by atoms with van der Waals surface area (Å²) in [5, 5.41) is 0. The summed E-state index contributed by atoms with van der Waals surface area (Å²) in [5.41, 5.74) is 8.34. The van der Waals surface area contributed by atoms with E-state index in [1.807, 2.05) is 6.92 Å². The molecule has 14 heavy (non-hydrogen) atoms. The van der Waals surface area contributed by atoms with Crippen molar-refractivity contribution in [1.82, 2.24) is 14.5 Å². The molecule has 0 radical (unpaired) electrons. The average Bonchev–Trinajstić information content (AvgIpc) is 2.91. The maximum Gasteiger partial charge on any atom is 0.162 e. The summed E-state index contributed by atoms with van der Waals surface area (Å²) in [5.74, 6) is 1.02. The van der Waals surface area contributed by atoms with Gasteiger partial charge in [0.05, 0.1) is 5.69 Å². The zero-order chi connectivity index (χ0) is 9.71. The van der Waals surface area contributed by atoms with E-state index in [-0.39, 0.29) is 0 Å². The van der Waals surface area contributed by atoms with Crippen molar-refractivity contribution in [2.75, 3.05) is 5.73 Å². The van der Waals surface area contributed by atoms with Crippen LogP contribution in [0.2, 0.25) is 0 Å². The second kappa shape index (κ2) is 2.47. The molecule has 1 aliphatic carbocycles. The van der Waals surface area contributed by atoms with E-state index in [2.05, 4.69) is 14.5 Å². The molecule has 2 N–H and O–H groups in total. The molecular weight excluding hydrogens is 176 g/mol. The molecule has 72 valence electrons. The highest BCUT2D eigenvalue weighted by Crippen LogP contribution is 2.38. The van der Waals surface area contributed by atoms with E-state index >= 15 is 0 Å². The van der Waals surface area contributed by atoms with Gasteiger partial charge < -0.3 is 10.3 Å². The van der Waals surface area contributed by atoms with Crippen molar-refractivity contribution in [2.24, 2.45) is 0 Å². The molecule has 2 aromatic heterocycles. The van der Waals surface area contributed by atoms with Crippen LogP contribution >= 0.6 is 0 Å². The Kier molecular flexibility index (Phi) is 1.37. The molecule has 1 saturated carbocycles. The topological polar surface area (TPSA) is 56.7 Å². The fourth-order valence-electron chi connectivity index (χ4n) is 1.89. The third-order valence-corrected chi connectivity index (χ3v) is 2.70. The molecule has 0 bridgehead atoms. The lowest BCUT2D eigenvalue weighted by molar-refractivity contribution is 0.726. The molecule has 0 unspecified atom stereocenters. The Bertz CT molecular complexity index is 496. The first-order valence-corrected chi connectivity index (χ1v) is 4.86. The number of hydrogen-bond acceptors (Lipinski definition) is 3. The van der Waals surface area contributed by atoms with Gasteiger partial charge in [-0.2, -0.15) is 0 Å². The van der Waals surface area contributed by atoms with Crippen molar-refractivity contribution in [3.63, 3.8) is 0 Å². The maximum atomic E-state index is 5.84. The van der Waals surface area contributed by atoms with E-state index in [1.54, 1.807) is 12.3 Å². The molecule has 0 amide bonds. The normalized spacial score (nSPS) is 16.4. The lowest BCUT2D eigenvalue weighted by Crippen LogP contribution is -1.97. The van der Waals surface area contributed by atoms with Crippen LogP contribution < -0.4 is 5.73 Å². The second-order valence-corrected chi connectivity index (χ2v) is 3.83. The van der Waals surface area contributed by atoms with Gasteiger partial charge in [-0.15, -0.1) is 0 Å². The van der Waals surface area contributed by atoms with Gasteiger partial charge in [-0.1, -0.05) is 0 Å². The maximum absolute atomic E-state index is 5.84. The van der Waals surface area contributed by atoms with Crippen LogP contribution in [0.3, 0.4) is 0 Å². The van der Waals surface area contributed by atoms with E-state index in [1.165, 1.54) is 12.8 Å². The van der Waals surface area contributed by atoms with Gasteiger partial charge in [-0.25, -0.2) is 9.97 Å². The van der Waals surface area contributed by atoms with Crippen LogP contribution in [0.25, 0.3) is 11.2 Å². The van der Waals surface area contributed by atoms with Gasteiger partial charge in [-0.05, 0) is 25.8 Å². The molecule has 3 rings (SSSR count). The number of nitrogens with two attached hydrogens (primary N) is 1. The highest BCUT2D eigenvalue weighted by atomic mass is 15.2. The Morgan fingerprint density at radius 2 is 2.29 bits per heavy atom. The molecular formula is C10H12N4. The number of fused-ring (bicyclic) bond motifs is 1. The summed E-state index contributed by atoms with van der Waals surface area (Å²) in [6.07, 6.45) is 4.23. The number of aromatic nitrogens is 3. The lowest BCUT2D eigenvalue weighted by atomic mass is 10.4. The van der Waals surface area contributed by atoms with Gasteiger partial charge in [0.25, 0.3) is 0 Å². The molecule has 2 aromatic rings. The monoisotopic (exact) mass is 188 g/mol. The Balaban J connectivity index is 2.37. The fourth-order valence-corrected chi connectivity index (χ4v) is 1.89. The van der Waals surface area contributed by atoms with Crippen molar-refractivity contribution >= 4 is 16.9 Å². The summed E-state index contributed by atoms with van der Waals surface area (Å²) >= 11 is 0. The quantitative estimate of drug-likeness (QED) is 0.740. The summed E-state index contributed by atoms with van der Waals surface area (Å²) in [6.45, 7) is 2.01. The summed E-state index contributed by atoms with van der Waals surface area (Å²) in [6, 6.07) is 2.40. The first-order chi connectivity index (χ1) is 6.77. The number of aryl methyl sites for hydroxylation is 1. The van der Waals surface area contributed by atoms with Crippen LogP contribution in [-0.4, -0.2) is 14.5 Å². The minimum absolute atomic E-state index is 0.606. The first kappa shape index (κ1) is 7.79. The van der Waals surface area contributed by atoms with Crippen molar-refractivity contribution in [1.29, 1.82) is 0 Å². The number of nitrogen functional groups attached to an aromatic ring is 1. The second-order valence-electron chi connectivity index (χ2n) is 3.83. The SMILES string of the molecule is Cc1nc2c(N)ccnc2n1C1CC1. The zero-order valence-electron chi connectivity index (χ0n) is 8.07. The summed E-state index contributed by atoms with van der Waals surface area (Å²) in [7, 11) is 0. The third kappa shape index (κ3) is 0.937. The van der Waals surface area contributed by atoms with Crippen LogP contribution in [0.5, 0.6) is 0 Å². The van der Waals surface area contributed by atoms with Crippen LogP contribution in [-0.2, 0) is 0 Å². The minimum Gasteiger partial charge on any atom is -0.397 e. The lowest BCUT2D eigenvalue weighted by Gasteiger charge is -2.02. The van der Waals surface area contributed by atoms with Crippen molar-refractivity contribution in [3.8, 4) is 0 Å². The number of anilines is 1. The molecule has 2 heterocycles. The van der Waals surface area contributed by atoms with Gasteiger partial charge in [-0.3, -0.25) is 0 Å². The molecule has 0 aliphatic heterocycles. The molecule has 0 atom stereocenters. The number of nitrogens with zero attached hydrogens (tertiary/aromatic N) is 3. The van der Waals surface area contributed by atoms with E-state index in [0.29, 0.717) is 6.04 Å². The molecule has 4 heteroatoms. The molecule has 4 nitrogen and oxygen atoms in total. The van der Waals surface area contributed by atoms with Gasteiger partial charge in [0.1, 0.15) is 11.3 Å². The van der Waals surface area contributed by atoms with Crippen LogP contribution in [0, 0.1) is 6.92 Å². The van der Waals surface area contributed by atoms with E-state index < -0.39 is 0 Å². The summed E-state index contributed by atoms with van der Waals surface area (Å²) in [4.78, 5) is 8.79. The first-order valence-electron chi connectivity index (χ1n) is 4.86. The number of rotatable bonds is 1. The number of hydrogen-bond donors (Lipinski definition) is 1. The van der Waals surface area contributed by atoms with E-state index in [9.17, 15) is 0 Å². The number of pyridine rings is 1. The molecule has 0 saturated heterocycles.